The van der Waals surface area contributed by atoms with Gasteiger partial charge in [-0.2, -0.15) is 0 Å². The van der Waals surface area contributed by atoms with Gasteiger partial charge >= 0.3 is 0 Å². The second-order valence-corrected chi connectivity index (χ2v) is 5.69. The lowest BCUT2D eigenvalue weighted by molar-refractivity contribution is 0.101. The van der Waals surface area contributed by atoms with Crippen molar-refractivity contribution in [2.45, 2.75) is 45.7 Å². The molecular weight excluding hydrogens is 236 g/mol. The van der Waals surface area contributed by atoms with Crippen LogP contribution in [0.4, 0.5) is 5.69 Å². The molecule has 0 atom stereocenters. The average Bonchev–Trinajstić information content (AvgIpc) is 2.39. The van der Waals surface area contributed by atoms with Gasteiger partial charge in [0.15, 0.2) is 5.78 Å². The quantitative estimate of drug-likeness (QED) is 0.845. The van der Waals surface area contributed by atoms with Gasteiger partial charge in [0.05, 0.1) is 0 Å². The number of rotatable bonds is 4. The summed E-state index contributed by atoms with van der Waals surface area (Å²) >= 11 is 0. The number of hydrogen-bond donors (Lipinski definition) is 1. The van der Waals surface area contributed by atoms with E-state index in [1.165, 1.54) is 18.5 Å². The van der Waals surface area contributed by atoms with Crippen LogP contribution in [0.25, 0.3) is 0 Å². The lowest BCUT2D eigenvalue weighted by Gasteiger charge is -2.35. The van der Waals surface area contributed by atoms with Crippen molar-refractivity contribution in [2.75, 3.05) is 18.0 Å². The van der Waals surface area contributed by atoms with Gasteiger partial charge in [0.25, 0.3) is 0 Å². The van der Waals surface area contributed by atoms with Crippen LogP contribution in [0.15, 0.2) is 24.3 Å². The van der Waals surface area contributed by atoms with Gasteiger partial charge in [0.1, 0.15) is 0 Å². The fourth-order valence-electron chi connectivity index (χ4n) is 2.68. The van der Waals surface area contributed by atoms with Gasteiger partial charge in [-0.1, -0.05) is 13.8 Å². The highest BCUT2D eigenvalue weighted by atomic mass is 16.1. The Morgan fingerprint density at radius 3 is 2.26 bits per heavy atom. The SMILES string of the molecule is CC(=O)c1ccc(N2CCC(NC(C)C)CC2)cc1. The minimum absolute atomic E-state index is 0.131. The van der Waals surface area contributed by atoms with E-state index in [9.17, 15) is 4.79 Å². The van der Waals surface area contributed by atoms with Crippen molar-refractivity contribution in [1.29, 1.82) is 0 Å². The van der Waals surface area contributed by atoms with Gasteiger partial charge in [-0.3, -0.25) is 4.79 Å². The van der Waals surface area contributed by atoms with Crippen LogP contribution in [0, 0.1) is 0 Å². The minimum Gasteiger partial charge on any atom is -0.371 e. The summed E-state index contributed by atoms with van der Waals surface area (Å²) in [5.74, 6) is 0.131. The van der Waals surface area contributed by atoms with Crippen LogP contribution in [0.3, 0.4) is 0 Å². The highest BCUT2D eigenvalue weighted by Crippen LogP contribution is 2.21. The molecule has 1 N–H and O–H groups in total. The van der Waals surface area contributed by atoms with E-state index in [0.29, 0.717) is 12.1 Å². The van der Waals surface area contributed by atoms with Crippen LogP contribution in [0.2, 0.25) is 0 Å². The molecule has 1 aliphatic rings. The second-order valence-electron chi connectivity index (χ2n) is 5.69. The molecule has 3 heteroatoms. The molecule has 1 heterocycles. The van der Waals surface area contributed by atoms with E-state index in [4.69, 9.17) is 0 Å². The van der Waals surface area contributed by atoms with Gasteiger partial charge in [-0.15, -0.1) is 0 Å². The summed E-state index contributed by atoms with van der Waals surface area (Å²) < 4.78 is 0. The molecule has 0 bridgehead atoms. The van der Waals surface area contributed by atoms with Crippen LogP contribution in [0.5, 0.6) is 0 Å². The first kappa shape index (κ1) is 14.1. The summed E-state index contributed by atoms with van der Waals surface area (Å²) in [7, 11) is 0. The lowest BCUT2D eigenvalue weighted by atomic mass is 10.0. The van der Waals surface area contributed by atoms with Gasteiger partial charge in [0, 0.05) is 36.4 Å². The predicted octanol–water partition coefficient (Wildman–Crippen LogP) is 2.86. The third-order valence-corrected chi connectivity index (χ3v) is 3.70. The number of ketones is 1. The third kappa shape index (κ3) is 3.80. The van der Waals surface area contributed by atoms with Crippen molar-refractivity contribution in [3.05, 3.63) is 29.8 Å². The molecule has 0 aromatic heterocycles. The zero-order valence-corrected chi connectivity index (χ0v) is 12.1. The van der Waals surface area contributed by atoms with E-state index in [1.54, 1.807) is 6.92 Å². The smallest absolute Gasteiger partial charge is 0.159 e. The molecule has 0 amide bonds. The Labute approximate surface area is 116 Å². The normalized spacial score (nSPS) is 16.9. The number of nitrogens with zero attached hydrogens (tertiary/aromatic N) is 1. The molecule has 0 spiro atoms. The first-order valence-electron chi connectivity index (χ1n) is 7.18. The van der Waals surface area contributed by atoms with E-state index in [0.717, 1.165) is 18.7 Å². The molecule has 19 heavy (non-hydrogen) atoms. The van der Waals surface area contributed by atoms with Gasteiger partial charge in [0.2, 0.25) is 0 Å². The summed E-state index contributed by atoms with van der Waals surface area (Å²) in [4.78, 5) is 13.7. The average molecular weight is 260 g/mol. The second kappa shape index (κ2) is 6.20. The first-order valence-corrected chi connectivity index (χ1v) is 7.18. The maximum absolute atomic E-state index is 11.3. The number of anilines is 1. The Morgan fingerprint density at radius 1 is 1.21 bits per heavy atom. The van der Waals surface area contributed by atoms with Crippen LogP contribution in [-0.4, -0.2) is 31.0 Å². The Morgan fingerprint density at radius 2 is 1.79 bits per heavy atom. The standard InChI is InChI=1S/C16H24N2O/c1-12(2)17-15-8-10-18(11-9-15)16-6-4-14(5-7-16)13(3)19/h4-7,12,15,17H,8-11H2,1-3H3. The summed E-state index contributed by atoms with van der Waals surface area (Å²) in [5.41, 5.74) is 2.02. The van der Waals surface area contributed by atoms with Crippen LogP contribution >= 0.6 is 0 Å². The van der Waals surface area contributed by atoms with Crippen LogP contribution in [-0.2, 0) is 0 Å². The zero-order chi connectivity index (χ0) is 13.8. The van der Waals surface area contributed by atoms with Crippen molar-refractivity contribution >= 4 is 11.5 Å². The molecule has 1 aromatic carbocycles. The van der Waals surface area contributed by atoms with Crippen molar-refractivity contribution in [1.82, 2.24) is 5.32 Å². The summed E-state index contributed by atoms with van der Waals surface area (Å²) in [6, 6.07) is 9.19. The molecule has 1 aromatic rings. The fraction of sp³-hybridized carbons (Fsp3) is 0.562. The van der Waals surface area contributed by atoms with Gasteiger partial charge in [-0.25, -0.2) is 0 Å². The topological polar surface area (TPSA) is 32.3 Å². The van der Waals surface area contributed by atoms with Gasteiger partial charge < -0.3 is 10.2 Å². The first-order chi connectivity index (χ1) is 9.06. The Hall–Kier alpha value is -1.35. The fourth-order valence-corrected chi connectivity index (χ4v) is 2.68. The van der Waals surface area contributed by atoms with Crippen LogP contribution in [0.1, 0.15) is 44.0 Å². The number of carbonyl (C=O) groups excluding carboxylic acids is 1. The molecular formula is C16H24N2O. The Bertz CT molecular complexity index is 417. The molecule has 1 fully saturated rings. The zero-order valence-electron chi connectivity index (χ0n) is 12.1. The predicted molar refractivity (Wildman–Crippen MR) is 80.0 cm³/mol. The van der Waals surface area contributed by atoms with Crippen molar-refractivity contribution in [2.24, 2.45) is 0 Å². The van der Waals surface area contributed by atoms with E-state index in [2.05, 4.69) is 36.2 Å². The number of carbonyl (C=O) groups is 1. The molecule has 0 aliphatic carbocycles. The molecule has 1 saturated heterocycles. The van der Waals surface area contributed by atoms with E-state index in [-0.39, 0.29) is 5.78 Å². The lowest BCUT2D eigenvalue weighted by Crippen LogP contribution is -2.44. The van der Waals surface area contributed by atoms with E-state index >= 15 is 0 Å². The highest BCUT2D eigenvalue weighted by Gasteiger charge is 2.19. The number of piperidine rings is 1. The molecule has 0 saturated carbocycles. The molecule has 104 valence electrons. The summed E-state index contributed by atoms with van der Waals surface area (Å²) in [5, 5.41) is 3.61. The third-order valence-electron chi connectivity index (χ3n) is 3.70. The van der Waals surface area contributed by atoms with Crippen molar-refractivity contribution < 1.29 is 4.79 Å². The number of nitrogens with one attached hydrogen (secondary N) is 1. The summed E-state index contributed by atoms with van der Waals surface area (Å²) in [6.45, 7) is 8.19. The summed E-state index contributed by atoms with van der Waals surface area (Å²) in [6.07, 6.45) is 2.37. The van der Waals surface area contributed by atoms with Crippen molar-refractivity contribution in [3.8, 4) is 0 Å². The van der Waals surface area contributed by atoms with Crippen molar-refractivity contribution in [3.63, 3.8) is 0 Å². The monoisotopic (exact) mass is 260 g/mol. The van der Waals surface area contributed by atoms with Crippen LogP contribution < -0.4 is 10.2 Å². The maximum atomic E-state index is 11.3. The number of Topliss-reactive ketones (excluding diaryl/α,β-unsaturated/α-hetero) is 1. The number of benzene rings is 1. The van der Waals surface area contributed by atoms with Gasteiger partial charge in [-0.05, 0) is 44.0 Å². The molecule has 2 rings (SSSR count). The molecule has 0 unspecified atom stereocenters. The van der Waals surface area contributed by atoms with E-state index in [1.807, 2.05) is 12.1 Å². The maximum Gasteiger partial charge on any atom is 0.159 e. The minimum atomic E-state index is 0.131. The largest absolute Gasteiger partial charge is 0.371 e. The molecule has 3 nitrogen and oxygen atoms in total. The van der Waals surface area contributed by atoms with E-state index < -0.39 is 0 Å². The Kier molecular flexibility index (Phi) is 4.59. The number of hydrogen-bond acceptors (Lipinski definition) is 3. The molecule has 1 aliphatic heterocycles. The Balaban J connectivity index is 1.92. The highest BCUT2D eigenvalue weighted by molar-refractivity contribution is 5.94. The molecule has 0 radical (unpaired) electrons.